The van der Waals surface area contributed by atoms with Crippen molar-refractivity contribution in [3.05, 3.63) is 82.3 Å². The van der Waals surface area contributed by atoms with Gasteiger partial charge in [0, 0.05) is 11.3 Å². The molecule has 9 heteroatoms. The summed E-state index contributed by atoms with van der Waals surface area (Å²) in [7, 11) is 1.33. The number of benzene rings is 3. The summed E-state index contributed by atoms with van der Waals surface area (Å²) in [4.78, 5) is 11.7. The predicted octanol–water partition coefficient (Wildman–Crippen LogP) is 6.37. The number of halogens is 2. The Hall–Kier alpha value is -3.55. The van der Waals surface area contributed by atoms with Crippen LogP contribution in [0.4, 0.5) is 11.7 Å². The van der Waals surface area contributed by atoms with Gasteiger partial charge in [-0.1, -0.05) is 40.4 Å². The minimum absolute atomic E-state index is 0.200. The Kier molecular flexibility index (Phi) is 6.06. The maximum Gasteiger partial charge on any atom is 0.337 e. The van der Waals surface area contributed by atoms with Crippen LogP contribution in [-0.4, -0.2) is 23.3 Å². The number of hydrogen-bond acceptors (Lipinski definition) is 7. The molecule has 0 saturated heterocycles. The number of rotatable bonds is 6. The van der Waals surface area contributed by atoms with Gasteiger partial charge in [0.05, 0.1) is 22.7 Å². The van der Waals surface area contributed by atoms with E-state index < -0.39 is 5.97 Å². The Morgan fingerprint density at radius 1 is 0.935 bits per heavy atom. The molecule has 0 atom stereocenters. The topological polar surface area (TPSA) is 86.5 Å². The van der Waals surface area contributed by atoms with E-state index >= 15 is 0 Å². The molecule has 0 spiro atoms. The number of hydrogen-bond donors (Lipinski definition) is 1. The summed E-state index contributed by atoms with van der Waals surface area (Å²) in [5.74, 6) is 0.896. The molecule has 4 aromatic rings. The lowest BCUT2D eigenvalue weighted by atomic mass is 10.2. The van der Waals surface area contributed by atoms with Gasteiger partial charge in [-0.3, -0.25) is 0 Å². The summed E-state index contributed by atoms with van der Waals surface area (Å²) in [5, 5.41) is 11.9. The molecule has 1 heterocycles. The van der Waals surface area contributed by atoms with Gasteiger partial charge in [-0.2, -0.15) is 0 Å². The van der Waals surface area contributed by atoms with E-state index in [1.165, 1.54) is 7.11 Å². The monoisotopic (exact) mass is 455 g/mol. The molecule has 0 unspecified atom stereocenters. The molecule has 0 bridgehead atoms. The number of nitrogens with one attached hydrogen (secondary N) is 1. The van der Waals surface area contributed by atoms with Crippen LogP contribution in [0.25, 0.3) is 11.5 Å². The molecule has 0 aliphatic rings. The Morgan fingerprint density at radius 3 is 2.48 bits per heavy atom. The lowest BCUT2D eigenvalue weighted by molar-refractivity contribution is 0.0600. The average molecular weight is 456 g/mol. The second-order valence-electron chi connectivity index (χ2n) is 6.32. The van der Waals surface area contributed by atoms with Crippen LogP contribution < -0.4 is 10.1 Å². The molecule has 0 aliphatic carbocycles. The van der Waals surface area contributed by atoms with Crippen LogP contribution in [0, 0.1) is 0 Å². The van der Waals surface area contributed by atoms with Crippen molar-refractivity contribution < 1.29 is 18.7 Å². The third-order valence-corrected chi connectivity index (χ3v) is 4.91. The van der Waals surface area contributed by atoms with E-state index in [0.29, 0.717) is 44.2 Å². The quantitative estimate of drug-likeness (QED) is 0.338. The number of aromatic nitrogens is 2. The normalized spacial score (nSPS) is 10.5. The van der Waals surface area contributed by atoms with E-state index in [4.69, 9.17) is 37.1 Å². The zero-order valence-corrected chi connectivity index (χ0v) is 17.6. The first-order valence-electron chi connectivity index (χ1n) is 9.04. The van der Waals surface area contributed by atoms with Crippen LogP contribution in [-0.2, 0) is 4.74 Å². The number of carbonyl (C=O) groups excluding carboxylic acids is 1. The number of nitrogens with zero attached hydrogens (tertiary/aromatic N) is 2. The van der Waals surface area contributed by atoms with Gasteiger partial charge >= 0.3 is 12.0 Å². The Balaban J connectivity index is 1.51. The van der Waals surface area contributed by atoms with E-state index in [1.807, 2.05) is 6.07 Å². The molecular formula is C22H15Cl2N3O4. The van der Waals surface area contributed by atoms with Crippen molar-refractivity contribution in [2.24, 2.45) is 0 Å². The first-order chi connectivity index (χ1) is 15.0. The second-order valence-corrected chi connectivity index (χ2v) is 7.13. The summed E-state index contributed by atoms with van der Waals surface area (Å²) in [6.07, 6.45) is 0. The SMILES string of the molecule is COC(=O)c1cccc(Oc2cccc(-c3nnc(Nc4ccc(Cl)c(Cl)c4)o3)c2)c1. The standard InChI is InChI=1S/C22H15Cl2N3O4/c1-29-21(28)14-5-3-7-17(11-14)30-16-6-2-4-13(10-16)20-26-27-22(31-20)25-15-8-9-18(23)19(24)12-15/h2-12H,1H3,(H,25,27). The van der Waals surface area contributed by atoms with Crippen molar-refractivity contribution >= 4 is 40.9 Å². The highest BCUT2D eigenvalue weighted by Gasteiger charge is 2.12. The molecule has 4 rings (SSSR count). The number of ether oxygens (including phenoxy) is 2. The molecule has 0 saturated carbocycles. The smallest absolute Gasteiger partial charge is 0.337 e. The van der Waals surface area contributed by atoms with Crippen molar-refractivity contribution in [2.45, 2.75) is 0 Å². The number of methoxy groups -OCH3 is 1. The zero-order valence-electron chi connectivity index (χ0n) is 16.1. The highest BCUT2D eigenvalue weighted by molar-refractivity contribution is 6.42. The molecule has 0 aliphatic heterocycles. The molecule has 0 radical (unpaired) electrons. The van der Waals surface area contributed by atoms with Crippen molar-refractivity contribution in [3.8, 4) is 23.0 Å². The summed E-state index contributed by atoms with van der Waals surface area (Å²) in [6.45, 7) is 0. The first-order valence-corrected chi connectivity index (χ1v) is 9.79. The van der Waals surface area contributed by atoms with Gasteiger partial charge in [0.2, 0.25) is 5.89 Å². The van der Waals surface area contributed by atoms with Crippen LogP contribution in [0.15, 0.2) is 71.1 Å². The number of carbonyl (C=O) groups is 1. The lowest BCUT2D eigenvalue weighted by Gasteiger charge is -2.08. The summed E-state index contributed by atoms with van der Waals surface area (Å²) < 4.78 is 16.3. The van der Waals surface area contributed by atoms with Gasteiger partial charge in [0.1, 0.15) is 11.5 Å². The Morgan fingerprint density at radius 2 is 1.71 bits per heavy atom. The molecular weight excluding hydrogens is 441 g/mol. The average Bonchev–Trinajstić information content (AvgIpc) is 3.25. The lowest BCUT2D eigenvalue weighted by Crippen LogP contribution is -2.00. The van der Waals surface area contributed by atoms with Gasteiger partial charge in [0.25, 0.3) is 0 Å². The maximum atomic E-state index is 11.7. The van der Waals surface area contributed by atoms with Crippen molar-refractivity contribution in [3.63, 3.8) is 0 Å². The maximum absolute atomic E-state index is 11.7. The Labute approximate surface area is 187 Å². The van der Waals surface area contributed by atoms with E-state index in [2.05, 4.69) is 15.5 Å². The largest absolute Gasteiger partial charge is 0.465 e. The van der Waals surface area contributed by atoms with Crippen molar-refractivity contribution in [2.75, 3.05) is 12.4 Å². The Bertz CT molecular complexity index is 1240. The fourth-order valence-electron chi connectivity index (χ4n) is 2.72. The van der Waals surface area contributed by atoms with Gasteiger partial charge in [0.15, 0.2) is 0 Å². The van der Waals surface area contributed by atoms with Gasteiger partial charge in [-0.05, 0) is 54.6 Å². The fourth-order valence-corrected chi connectivity index (χ4v) is 3.02. The molecule has 1 N–H and O–H groups in total. The van der Waals surface area contributed by atoms with E-state index in [0.717, 1.165) is 0 Å². The third-order valence-electron chi connectivity index (χ3n) is 4.17. The van der Waals surface area contributed by atoms with Crippen LogP contribution in [0.2, 0.25) is 10.0 Å². The number of esters is 1. The zero-order chi connectivity index (χ0) is 21.8. The molecule has 0 amide bonds. The molecule has 3 aromatic carbocycles. The van der Waals surface area contributed by atoms with Crippen molar-refractivity contribution in [1.29, 1.82) is 0 Å². The summed E-state index contributed by atoms with van der Waals surface area (Å²) >= 11 is 11.9. The minimum atomic E-state index is -0.438. The van der Waals surface area contributed by atoms with E-state index in [-0.39, 0.29) is 6.01 Å². The van der Waals surface area contributed by atoms with Crippen LogP contribution in [0.1, 0.15) is 10.4 Å². The van der Waals surface area contributed by atoms with Crippen LogP contribution >= 0.6 is 23.2 Å². The van der Waals surface area contributed by atoms with Gasteiger partial charge in [-0.15, -0.1) is 5.10 Å². The van der Waals surface area contributed by atoms with Gasteiger partial charge < -0.3 is 19.2 Å². The molecule has 31 heavy (non-hydrogen) atoms. The fraction of sp³-hybridized carbons (Fsp3) is 0.0455. The van der Waals surface area contributed by atoms with Gasteiger partial charge in [-0.25, -0.2) is 4.79 Å². The summed E-state index contributed by atoms with van der Waals surface area (Å²) in [6, 6.07) is 19.1. The van der Waals surface area contributed by atoms with Crippen LogP contribution in [0.5, 0.6) is 11.5 Å². The van der Waals surface area contributed by atoms with E-state index in [9.17, 15) is 4.79 Å². The molecule has 1 aromatic heterocycles. The molecule has 0 fully saturated rings. The predicted molar refractivity (Wildman–Crippen MR) is 117 cm³/mol. The third kappa shape index (κ3) is 4.96. The highest BCUT2D eigenvalue weighted by Crippen LogP contribution is 2.30. The van der Waals surface area contributed by atoms with Crippen molar-refractivity contribution in [1.82, 2.24) is 10.2 Å². The summed E-state index contributed by atoms with van der Waals surface area (Å²) in [5.41, 5.74) is 1.72. The molecule has 156 valence electrons. The van der Waals surface area contributed by atoms with E-state index in [1.54, 1.807) is 60.7 Å². The first kappa shape index (κ1) is 20.7. The molecule has 7 nitrogen and oxygen atoms in total. The minimum Gasteiger partial charge on any atom is -0.465 e. The number of anilines is 2. The second kappa shape index (κ2) is 9.07. The highest BCUT2D eigenvalue weighted by atomic mass is 35.5. The van der Waals surface area contributed by atoms with Crippen LogP contribution in [0.3, 0.4) is 0 Å².